The molecule has 2 unspecified atom stereocenters. The number of nitrogens with zero attached hydrogens (tertiary/aromatic N) is 2. The Morgan fingerprint density at radius 1 is 1.34 bits per heavy atom. The molecule has 0 bridgehead atoms. The Kier molecular flexibility index (Phi) is 9.57. The molecule has 2 heterocycles. The van der Waals surface area contributed by atoms with Crippen LogP contribution >= 0.6 is 0 Å². The number of rotatable bonds is 9. The Morgan fingerprint density at radius 3 is 2.59 bits per heavy atom. The van der Waals surface area contributed by atoms with Crippen molar-refractivity contribution in [2.45, 2.75) is 56.5 Å². The first-order valence-corrected chi connectivity index (χ1v) is 8.72. The van der Waals surface area contributed by atoms with Gasteiger partial charge in [0.05, 0.1) is 6.61 Å². The van der Waals surface area contributed by atoms with E-state index < -0.39 is 42.6 Å². The third-order valence-corrected chi connectivity index (χ3v) is 4.22. The van der Waals surface area contributed by atoms with Gasteiger partial charge in [-0.05, 0) is 18.9 Å². The van der Waals surface area contributed by atoms with Crippen LogP contribution in [0.15, 0.2) is 17.1 Å². The van der Waals surface area contributed by atoms with Crippen molar-refractivity contribution in [3.8, 4) is 0 Å². The molecule has 1 amide bonds. The van der Waals surface area contributed by atoms with E-state index in [0.717, 1.165) is 12.3 Å². The number of alkyl halides is 2. The molecule has 3 atom stereocenters. The fourth-order valence-electron chi connectivity index (χ4n) is 2.75. The van der Waals surface area contributed by atoms with Crippen LogP contribution in [0.2, 0.25) is 0 Å². The van der Waals surface area contributed by atoms with Crippen molar-refractivity contribution in [1.82, 2.24) is 9.55 Å². The number of carbonyl (C=O) groups excluding carboxylic acids is 2. The van der Waals surface area contributed by atoms with Crippen LogP contribution in [0.25, 0.3) is 0 Å². The third kappa shape index (κ3) is 6.16. The zero-order chi connectivity index (χ0) is 20.9. The van der Waals surface area contributed by atoms with Crippen LogP contribution in [-0.4, -0.2) is 56.2 Å². The molecule has 161 valence electrons. The van der Waals surface area contributed by atoms with Crippen molar-refractivity contribution in [2.24, 2.45) is 0 Å². The van der Waals surface area contributed by atoms with Crippen molar-refractivity contribution in [3.63, 3.8) is 0 Å². The molecule has 1 aromatic heterocycles. The molecule has 1 saturated heterocycles. The van der Waals surface area contributed by atoms with Gasteiger partial charge in [-0.1, -0.05) is 0 Å². The number of aromatic nitrogens is 2. The number of ketones is 1. The molecule has 0 spiro atoms. The Bertz CT molecular complexity index is 776. The van der Waals surface area contributed by atoms with Crippen LogP contribution in [0.5, 0.6) is 0 Å². The van der Waals surface area contributed by atoms with Gasteiger partial charge >= 0.3 is 11.6 Å². The first kappa shape index (κ1) is 25.4. The summed E-state index contributed by atoms with van der Waals surface area (Å²) in [7, 11) is 0. The van der Waals surface area contributed by atoms with Crippen LogP contribution in [-0.2, 0) is 32.9 Å². The molecule has 0 saturated carbocycles. The molecule has 29 heavy (non-hydrogen) atoms. The summed E-state index contributed by atoms with van der Waals surface area (Å²) in [5.74, 6) is -4.44. The topological polar surface area (TPSA) is 131 Å². The van der Waals surface area contributed by atoms with Gasteiger partial charge in [-0.3, -0.25) is 14.2 Å². The molecule has 1 aliphatic rings. The second-order valence-electron chi connectivity index (χ2n) is 6.38. The van der Waals surface area contributed by atoms with E-state index in [-0.39, 0.29) is 43.0 Å². The minimum atomic E-state index is -3.82. The number of anilines is 1. The molecular formula is C17H22F2N3O6V-. The van der Waals surface area contributed by atoms with Crippen LogP contribution in [0.4, 0.5) is 14.6 Å². The molecule has 9 nitrogen and oxygen atoms in total. The SMILES string of the molecule is [CH2-]CCC(=O)CCCC(=O)Nc1ccn(C2OC(CO)[C@@H](O)C2(F)F)c(=O)n1.[V]. The molecule has 2 rings (SSSR count). The smallest absolute Gasteiger partial charge is 0.351 e. The standard InChI is InChI=1S/C17H22F2N3O6.V/c1-2-4-10(24)5-3-6-13(25)20-12-7-8-22(16(27)21-12)15-17(18,19)14(26)11(9-23)28-15;/h7-8,11,14-15,23,26H,1-6,9H2,(H,20,21,25,27);/q-1;/t11?,14-,15?;/m1./s1. The van der Waals surface area contributed by atoms with Gasteiger partial charge in [0, 0.05) is 37.6 Å². The van der Waals surface area contributed by atoms with Crippen molar-refractivity contribution in [3.05, 3.63) is 29.7 Å². The Labute approximate surface area is 177 Å². The molecule has 1 fully saturated rings. The summed E-state index contributed by atoms with van der Waals surface area (Å²) in [4.78, 5) is 38.8. The number of aliphatic hydroxyl groups is 2. The van der Waals surface area contributed by atoms with E-state index >= 15 is 0 Å². The van der Waals surface area contributed by atoms with Crippen LogP contribution < -0.4 is 11.0 Å². The molecule has 1 aliphatic heterocycles. The summed E-state index contributed by atoms with van der Waals surface area (Å²) in [5.41, 5.74) is -1.13. The maximum atomic E-state index is 14.1. The molecule has 3 N–H and O–H groups in total. The Hall–Kier alpha value is -1.66. The van der Waals surface area contributed by atoms with Gasteiger partial charge < -0.3 is 27.2 Å². The van der Waals surface area contributed by atoms with E-state index in [0.29, 0.717) is 23.8 Å². The average Bonchev–Trinajstić information content (AvgIpc) is 2.85. The van der Waals surface area contributed by atoms with Gasteiger partial charge in [0.1, 0.15) is 17.7 Å². The quantitative estimate of drug-likeness (QED) is 0.462. The molecule has 12 heteroatoms. The average molecular weight is 453 g/mol. The fourth-order valence-corrected chi connectivity index (χ4v) is 2.75. The number of carbonyl (C=O) groups is 2. The second-order valence-corrected chi connectivity index (χ2v) is 6.38. The minimum Gasteiger partial charge on any atom is -0.394 e. The predicted molar refractivity (Wildman–Crippen MR) is 92.5 cm³/mol. The summed E-state index contributed by atoms with van der Waals surface area (Å²) in [6.45, 7) is 2.72. The van der Waals surface area contributed by atoms with Crippen molar-refractivity contribution in [2.75, 3.05) is 11.9 Å². The van der Waals surface area contributed by atoms with E-state index in [9.17, 15) is 28.3 Å². The Balaban J connectivity index is 0.00000420. The molecule has 0 aromatic carbocycles. The molecule has 0 aliphatic carbocycles. The zero-order valence-corrected chi connectivity index (χ0v) is 16.9. The number of aliphatic hydroxyl groups excluding tert-OH is 2. The summed E-state index contributed by atoms with van der Waals surface area (Å²) in [6.07, 6.45) is -3.58. The second kappa shape index (κ2) is 10.9. The normalized spacial score (nSPS) is 22.7. The van der Waals surface area contributed by atoms with Gasteiger partial charge in [0.2, 0.25) is 12.1 Å². The minimum absolute atomic E-state index is 0. The number of ether oxygens (including phenoxy) is 1. The molecule has 1 radical (unpaired) electrons. The van der Waals surface area contributed by atoms with E-state index in [1.165, 1.54) is 0 Å². The first-order valence-electron chi connectivity index (χ1n) is 8.72. The molecular weight excluding hydrogens is 431 g/mol. The monoisotopic (exact) mass is 453 g/mol. The van der Waals surface area contributed by atoms with E-state index in [1.807, 2.05) is 0 Å². The summed E-state index contributed by atoms with van der Waals surface area (Å²) >= 11 is 0. The van der Waals surface area contributed by atoms with E-state index in [2.05, 4.69) is 17.2 Å². The maximum Gasteiger partial charge on any atom is 0.351 e. The number of hydrogen-bond acceptors (Lipinski definition) is 7. The largest absolute Gasteiger partial charge is 0.394 e. The number of nitrogens with one attached hydrogen (secondary N) is 1. The van der Waals surface area contributed by atoms with Crippen molar-refractivity contribution >= 4 is 17.5 Å². The number of hydrogen-bond donors (Lipinski definition) is 3. The van der Waals surface area contributed by atoms with Gasteiger partial charge in [0.25, 0.3) is 0 Å². The van der Waals surface area contributed by atoms with Crippen LogP contribution in [0, 0.1) is 6.92 Å². The van der Waals surface area contributed by atoms with Gasteiger partial charge in [-0.2, -0.15) is 20.2 Å². The van der Waals surface area contributed by atoms with Gasteiger partial charge in [-0.25, -0.2) is 4.79 Å². The number of Topliss-reactive ketones (excluding diaryl/α,β-unsaturated/α-hetero) is 1. The third-order valence-electron chi connectivity index (χ3n) is 4.22. The summed E-state index contributed by atoms with van der Waals surface area (Å²) < 4.78 is 33.5. The van der Waals surface area contributed by atoms with E-state index in [4.69, 9.17) is 9.84 Å². The van der Waals surface area contributed by atoms with Crippen molar-refractivity contribution < 1.29 is 51.9 Å². The summed E-state index contributed by atoms with van der Waals surface area (Å²) in [5, 5.41) is 20.9. The van der Waals surface area contributed by atoms with Crippen LogP contribution in [0.1, 0.15) is 38.3 Å². The summed E-state index contributed by atoms with van der Waals surface area (Å²) in [6, 6.07) is 1.13. The van der Waals surface area contributed by atoms with E-state index in [1.54, 1.807) is 0 Å². The number of amides is 1. The first-order chi connectivity index (χ1) is 13.2. The number of halogens is 2. The fraction of sp³-hybridized carbons (Fsp3) is 0.588. The van der Waals surface area contributed by atoms with Gasteiger partial charge in [-0.15, -0.1) is 0 Å². The molecule has 1 aromatic rings. The maximum absolute atomic E-state index is 14.1. The zero-order valence-electron chi connectivity index (χ0n) is 15.5. The van der Waals surface area contributed by atoms with Crippen LogP contribution in [0.3, 0.4) is 0 Å². The van der Waals surface area contributed by atoms with Gasteiger partial charge in [0.15, 0.2) is 6.10 Å². The predicted octanol–water partition coefficient (Wildman–Crippen LogP) is 0.419. The Morgan fingerprint density at radius 2 is 2.03 bits per heavy atom. The van der Waals surface area contributed by atoms with Crippen molar-refractivity contribution in [1.29, 1.82) is 0 Å².